The van der Waals surface area contributed by atoms with Crippen molar-refractivity contribution in [3.63, 3.8) is 0 Å². The number of carbonyl (C=O) groups is 3. The van der Waals surface area contributed by atoms with Crippen molar-refractivity contribution in [2.75, 3.05) is 12.4 Å². The Morgan fingerprint density at radius 1 is 1.08 bits per heavy atom. The van der Waals surface area contributed by atoms with Crippen LogP contribution < -0.4 is 14.8 Å². The minimum Gasteiger partial charge on any atom is -0.493 e. The fourth-order valence-electron chi connectivity index (χ4n) is 4.22. The van der Waals surface area contributed by atoms with Crippen LogP contribution in [-0.2, 0) is 14.3 Å². The molecule has 2 aliphatic rings. The van der Waals surface area contributed by atoms with Gasteiger partial charge in [0.2, 0.25) is 11.8 Å². The molecule has 1 amide bonds. The summed E-state index contributed by atoms with van der Waals surface area (Å²) in [6.07, 6.45) is 5.62. The highest BCUT2D eigenvalue weighted by atomic mass is 32.1. The quantitative estimate of drug-likeness (QED) is 0.255. The van der Waals surface area contributed by atoms with Crippen molar-refractivity contribution < 1.29 is 28.6 Å². The summed E-state index contributed by atoms with van der Waals surface area (Å²) in [7, 11) is 1.47. The number of aliphatic imine (C=N–C) groups is 1. The van der Waals surface area contributed by atoms with Gasteiger partial charge in [0, 0.05) is 17.2 Å². The topological polar surface area (TPSA) is 103 Å². The van der Waals surface area contributed by atoms with E-state index in [1.54, 1.807) is 66.1 Å². The zero-order chi connectivity index (χ0) is 25.8. The van der Waals surface area contributed by atoms with E-state index in [4.69, 9.17) is 14.2 Å². The Labute approximate surface area is 217 Å². The van der Waals surface area contributed by atoms with Crippen molar-refractivity contribution in [1.82, 2.24) is 0 Å². The van der Waals surface area contributed by atoms with Gasteiger partial charge in [-0.3, -0.25) is 4.79 Å². The molecule has 1 saturated carbocycles. The number of anilines is 1. The molecule has 1 aliphatic heterocycles. The average Bonchev–Trinajstić information content (AvgIpc) is 3.69. The predicted molar refractivity (Wildman–Crippen MR) is 140 cm³/mol. The van der Waals surface area contributed by atoms with Crippen LogP contribution in [0.15, 0.2) is 70.7 Å². The average molecular weight is 517 g/mol. The van der Waals surface area contributed by atoms with Gasteiger partial charge in [0.1, 0.15) is 4.88 Å². The summed E-state index contributed by atoms with van der Waals surface area (Å²) in [6.45, 7) is 0. The van der Waals surface area contributed by atoms with Crippen molar-refractivity contribution in [3.05, 3.63) is 81.7 Å². The molecule has 1 N–H and O–H groups in total. The van der Waals surface area contributed by atoms with Gasteiger partial charge in [0.25, 0.3) is 0 Å². The number of methoxy groups -OCH3 is 1. The molecule has 5 rings (SSSR count). The highest BCUT2D eigenvalue weighted by molar-refractivity contribution is 7.12. The van der Waals surface area contributed by atoms with Crippen LogP contribution in [0.5, 0.6) is 11.5 Å². The van der Waals surface area contributed by atoms with Crippen LogP contribution in [0.2, 0.25) is 0 Å². The number of carbonyl (C=O) groups excluding carboxylic acids is 3. The molecule has 2 heterocycles. The number of amides is 1. The second-order valence-electron chi connectivity index (χ2n) is 8.66. The van der Waals surface area contributed by atoms with Gasteiger partial charge in [-0.05, 0) is 72.3 Å². The minimum absolute atomic E-state index is 0.0443. The second kappa shape index (κ2) is 10.8. The minimum atomic E-state index is -0.583. The van der Waals surface area contributed by atoms with Gasteiger partial charge in [-0.2, -0.15) is 0 Å². The molecule has 1 fully saturated rings. The van der Waals surface area contributed by atoms with Crippen LogP contribution in [0, 0.1) is 5.92 Å². The molecule has 0 unspecified atom stereocenters. The highest BCUT2D eigenvalue weighted by Gasteiger charge is 2.25. The molecule has 2 aromatic carbocycles. The summed E-state index contributed by atoms with van der Waals surface area (Å²) in [5.74, 6) is -0.154. The molecule has 0 radical (unpaired) electrons. The maximum Gasteiger partial charge on any atom is 0.363 e. The van der Waals surface area contributed by atoms with E-state index in [9.17, 15) is 14.4 Å². The molecule has 0 bridgehead atoms. The van der Waals surface area contributed by atoms with Gasteiger partial charge in [-0.1, -0.05) is 25.0 Å². The van der Waals surface area contributed by atoms with E-state index in [0.29, 0.717) is 27.4 Å². The van der Waals surface area contributed by atoms with Crippen LogP contribution in [-0.4, -0.2) is 30.9 Å². The van der Waals surface area contributed by atoms with Crippen molar-refractivity contribution >= 4 is 46.8 Å². The van der Waals surface area contributed by atoms with Crippen LogP contribution in [0.3, 0.4) is 0 Å². The summed E-state index contributed by atoms with van der Waals surface area (Å²) in [6, 6.07) is 15.4. The van der Waals surface area contributed by atoms with Crippen LogP contribution in [0.1, 0.15) is 46.5 Å². The Hall–Kier alpha value is -4.24. The fourth-order valence-corrected chi connectivity index (χ4v) is 4.82. The Kier molecular flexibility index (Phi) is 7.14. The van der Waals surface area contributed by atoms with Crippen LogP contribution >= 0.6 is 11.3 Å². The SMILES string of the molecule is COc1cc(/C=C2\N=C(c3ccc(NC(=O)C4CCCC4)cc3)OC2=O)ccc1OC(=O)c1cccs1. The number of thiophene rings is 1. The van der Waals surface area contributed by atoms with E-state index in [-0.39, 0.29) is 29.2 Å². The summed E-state index contributed by atoms with van der Waals surface area (Å²) >= 11 is 1.29. The number of cyclic esters (lactones) is 1. The standard InChI is InChI=1S/C28H24N2O6S/c1-34-23-16-17(8-13-22(23)35-28(33)24-7-4-14-37-24)15-21-27(32)36-26(30-21)19-9-11-20(12-10-19)29-25(31)18-5-2-3-6-18/h4,7-16,18H,2-3,5-6H2,1H3,(H,29,31)/b21-15-. The van der Waals surface area contributed by atoms with Gasteiger partial charge in [-0.15, -0.1) is 11.3 Å². The van der Waals surface area contributed by atoms with E-state index >= 15 is 0 Å². The van der Waals surface area contributed by atoms with Gasteiger partial charge >= 0.3 is 11.9 Å². The van der Waals surface area contributed by atoms with E-state index in [1.807, 2.05) is 0 Å². The van der Waals surface area contributed by atoms with Gasteiger partial charge in [0.05, 0.1) is 7.11 Å². The first-order valence-electron chi connectivity index (χ1n) is 11.9. The first-order valence-corrected chi connectivity index (χ1v) is 12.8. The highest BCUT2D eigenvalue weighted by Crippen LogP contribution is 2.31. The monoisotopic (exact) mass is 516 g/mol. The Balaban J connectivity index is 1.29. The third-order valence-electron chi connectivity index (χ3n) is 6.16. The Morgan fingerprint density at radius 2 is 1.86 bits per heavy atom. The number of nitrogens with one attached hydrogen (secondary N) is 1. The van der Waals surface area contributed by atoms with E-state index in [2.05, 4.69) is 10.3 Å². The third-order valence-corrected chi connectivity index (χ3v) is 7.01. The molecule has 1 aromatic heterocycles. The lowest BCUT2D eigenvalue weighted by Crippen LogP contribution is -2.20. The lowest BCUT2D eigenvalue weighted by atomic mass is 10.1. The molecule has 8 nitrogen and oxygen atoms in total. The van der Waals surface area contributed by atoms with E-state index in [1.165, 1.54) is 18.4 Å². The Bertz CT molecular complexity index is 1390. The zero-order valence-corrected chi connectivity index (χ0v) is 20.9. The molecule has 9 heteroatoms. The number of hydrogen-bond donors (Lipinski definition) is 1. The summed E-state index contributed by atoms with van der Waals surface area (Å²) < 4.78 is 16.2. The number of nitrogens with zero attached hydrogens (tertiary/aromatic N) is 1. The largest absolute Gasteiger partial charge is 0.493 e. The number of benzene rings is 2. The smallest absolute Gasteiger partial charge is 0.363 e. The first kappa shape index (κ1) is 24.5. The normalized spacial score (nSPS) is 16.4. The summed E-state index contributed by atoms with van der Waals surface area (Å²) in [5.41, 5.74) is 2.05. The number of ether oxygens (including phenoxy) is 3. The summed E-state index contributed by atoms with van der Waals surface area (Å²) in [4.78, 5) is 41.9. The maximum absolute atomic E-state index is 12.5. The van der Waals surface area contributed by atoms with Crippen LogP contribution in [0.4, 0.5) is 5.69 Å². The lowest BCUT2D eigenvalue weighted by molar-refractivity contribution is -0.130. The van der Waals surface area contributed by atoms with Gasteiger partial charge < -0.3 is 19.5 Å². The molecule has 37 heavy (non-hydrogen) atoms. The molecule has 3 aromatic rings. The molecular formula is C28H24N2O6S. The van der Waals surface area contributed by atoms with E-state index < -0.39 is 11.9 Å². The lowest BCUT2D eigenvalue weighted by Gasteiger charge is -2.10. The molecule has 188 valence electrons. The maximum atomic E-state index is 12.5. The molecule has 0 spiro atoms. The molecular weight excluding hydrogens is 492 g/mol. The predicted octanol–water partition coefficient (Wildman–Crippen LogP) is 5.45. The van der Waals surface area contributed by atoms with Gasteiger partial charge in [0.15, 0.2) is 17.2 Å². The fraction of sp³-hybridized carbons (Fsp3) is 0.214. The number of esters is 2. The number of rotatable bonds is 7. The first-order chi connectivity index (χ1) is 18.0. The van der Waals surface area contributed by atoms with Crippen LogP contribution in [0.25, 0.3) is 6.08 Å². The van der Waals surface area contributed by atoms with Gasteiger partial charge in [-0.25, -0.2) is 14.6 Å². The Morgan fingerprint density at radius 3 is 2.57 bits per heavy atom. The molecule has 0 saturated heterocycles. The second-order valence-corrected chi connectivity index (χ2v) is 9.61. The number of hydrogen-bond acceptors (Lipinski definition) is 8. The van der Waals surface area contributed by atoms with Crippen molar-refractivity contribution in [1.29, 1.82) is 0 Å². The zero-order valence-electron chi connectivity index (χ0n) is 20.1. The van der Waals surface area contributed by atoms with E-state index in [0.717, 1.165) is 25.7 Å². The molecule has 1 aliphatic carbocycles. The van der Waals surface area contributed by atoms with Crippen molar-refractivity contribution in [2.24, 2.45) is 10.9 Å². The van der Waals surface area contributed by atoms with Crippen molar-refractivity contribution in [3.8, 4) is 11.5 Å². The van der Waals surface area contributed by atoms with Crippen molar-refractivity contribution in [2.45, 2.75) is 25.7 Å². The third kappa shape index (κ3) is 5.62. The molecule has 0 atom stereocenters. The summed E-state index contributed by atoms with van der Waals surface area (Å²) in [5, 5.41) is 4.74.